The lowest BCUT2D eigenvalue weighted by atomic mass is 10.2. The third-order valence-electron chi connectivity index (χ3n) is 3.74. The number of anilines is 2. The van der Waals surface area contributed by atoms with Crippen molar-refractivity contribution in [1.29, 1.82) is 0 Å². The predicted octanol–water partition coefficient (Wildman–Crippen LogP) is 3.79. The first-order chi connectivity index (χ1) is 13.3. The summed E-state index contributed by atoms with van der Waals surface area (Å²) in [5, 5.41) is 8.79. The fraction of sp³-hybridized carbons (Fsp3) is 0.211. The second kappa shape index (κ2) is 9.96. The molecule has 0 bridgehead atoms. The summed E-state index contributed by atoms with van der Waals surface area (Å²) < 4.78 is 0. The summed E-state index contributed by atoms with van der Waals surface area (Å²) >= 11 is 12.4. The Kier molecular flexibility index (Phi) is 7.66. The quantitative estimate of drug-likeness (QED) is 0.551. The molecule has 0 spiro atoms. The van der Waals surface area contributed by atoms with Crippen molar-refractivity contribution in [3.8, 4) is 0 Å². The molecule has 0 unspecified atom stereocenters. The van der Waals surface area contributed by atoms with E-state index in [1.807, 2.05) is 74.4 Å². The number of urea groups is 1. The smallest absolute Gasteiger partial charge is 0.355 e. The predicted molar refractivity (Wildman–Crippen MR) is 118 cm³/mol. The Morgan fingerprint density at radius 1 is 0.821 bits per heavy atom. The van der Waals surface area contributed by atoms with Crippen LogP contribution in [0.25, 0.3) is 0 Å². The van der Waals surface area contributed by atoms with Crippen molar-refractivity contribution in [3.05, 3.63) is 57.6 Å². The van der Waals surface area contributed by atoms with Gasteiger partial charge in [0.2, 0.25) is 0 Å². The van der Waals surface area contributed by atoms with E-state index < -0.39 is 6.03 Å². The van der Waals surface area contributed by atoms with Gasteiger partial charge in [0, 0.05) is 50.7 Å². The summed E-state index contributed by atoms with van der Waals surface area (Å²) in [5.41, 5.74) is 7.95. The lowest BCUT2D eigenvalue weighted by molar-refractivity contribution is 0.242. The number of nitrogens with one attached hydrogen (secondary N) is 2. The third kappa shape index (κ3) is 6.14. The van der Waals surface area contributed by atoms with Crippen molar-refractivity contribution >= 4 is 53.0 Å². The van der Waals surface area contributed by atoms with Crippen LogP contribution in [0.3, 0.4) is 0 Å². The van der Waals surface area contributed by atoms with E-state index >= 15 is 0 Å². The van der Waals surface area contributed by atoms with Gasteiger partial charge in [-0.15, -0.1) is 0 Å². The Labute approximate surface area is 174 Å². The monoisotopic (exact) mass is 420 g/mol. The first-order valence-electron chi connectivity index (χ1n) is 8.34. The lowest BCUT2D eigenvalue weighted by Gasteiger charge is -2.13. The molecule has 0 aliphatic heterocycles. The number of hydrazone groups is 2. The molecule has 0 fully saturated rings. The summed E-state index contributed by atoms with van der Waals surface area (Å²) in [4.78, 5) is 15.6. The fourth-order valence-corrected chi connectivity index (χ4v) is 2.59. The molecule has 2 rings (SSSR count). The van der Waals surface area contributed by atoms with Crippen LogP contribution in [0.4, 0.5) is 16.2 Å². The van der Waals surface area contributed by atoms with Crippen LogP contribution in [0.1, 0.15) is 11.1 Å². The number of hydrogen-bond donors (Lipinski definition) is 2. The number of carbonyl (C=O) groups is 1. The van der Waals surface area contributed by atoms with Crippen LogP contribution >= 0.6 is 23.2 Å². The first-order valence-corrected chi connectivity index (χ1v) is 9.09. The minimum absolute atomic E-state index is 0.533. The summed E-state index contributed by atoms with van der Waals surface area (Å²) in [6, 6.07) is 10.5. The number of rotatable bonds is 6. The standard InChI is InChI=1S/C19H22Cl2N6O/c1-26(2)15-7-5-13(17(20)9-15)11-22-24-19(28)25-23-12-14-6-8-16(27(3)4)10-18(14)21/h5-12H,1-4H3,(H2,24,25,28)/b22-11-,23-12-. The second-order valence-electron chi connectivity index (χ2n) is 6.27. The molecule has 0 heterocycles. The van der Waals surface area contributed by atoms with Crippen LogP contribution in [0.5, 0.6) is 0 Å². The number of amides is 2. The zero-order valence-electron chi connectivity index (χ0n) is 16.1. The van der Waals surface area contributed by atoms with Gasteiger partial charge in [0.1, 0.15) is 0 Å². The highest BCUT2D eigenvalue weighted by Crippen LogP contribution is 2.22. The van der Waals surface area contributed by atoms with E-state index in [0.717, 1.165) is 11.4 Å². The van der Waals surface area contributed by atoms with Gasteiger partial charge in [-0.2, -0.15) is 10.2 Å². The van der Waals surface area contributed by atoms with E-state index in [-0.39, 0.29) is 0 Å². The third-order valence-corrected chi connectivity index (χ3v) is 4.39. The molecule has 28 heavy (non-hydrogen) atoms. The van der Waals surface area contributed by atoms with Crippen molar-refractivity contribution in [2.24, 2.45) is 10.2 Å². The fourth-order valence-electron chi connectivity index (χ4n) is 2.14. The van der Waals surface area contributed by atoms with E-state index in [4.69, 9.17) is 23.2 Å². The molecule has 0 saturated heterocycles. The average Bonchev–Trinajstić information content (AvgIpc) is 2.64. The largest absolute Gasteiger partial charge is 0.378 e. The van der Waals surface area contributed by atoms with Crippen molar-refractivity contribution in [2.75, 3.05) is 38.0 Å². The van der Waals surface area contributed by atoms with Gasteiger partial charge in [-0.05, 0) is 36.4 Å². The van der Waals surface area contributed by atoms with Gasteiger partial charge >= 0.3 is 6.03 Å². The molecule has 0 saturated carbocycles. The van der Waals surface area contributed by atoms with Gasteiger partial charge in [0.05, 0.1) is 22.5 Å². The van der Waals surface area contributed by atoms with Crippen LogP contribution in [-0.2, 0) is 0 Å². The SMILES string of the molecule is CN(C)c1ccc(/C=N\NC(=O)N/N=C\c2ccc(N(C)C)cc2Cl)c(Cl)c1. The van der Waals surface area contributed by atoms with Crippen molar-refractivity contribution in [3.63, 3.8) is 0 Å². The molecule has 2 aromatic carbocycles. The number of halogens is 2. The number of benzene rings is 2. The molecule has 2 amide bonds. The van der Waals surface area contributed by atoms with Gasteiger partial charge in [-0.1, -0.05) is 23.2 Å². The molecule has 0 radical (unpaired) electrons. The maximum Gasteiger partial charge on any atom is 0.355 e. The lowest BCUT2D eigenvalue weighted by Crippen LogP contribution is -2.28. The molecule has 0 aromatic heterocycles. The molecular weight excluding hydrogens is 399 g/mol. The van der Waals surface area contributed by atoms with Crippen molar-refractivity contribution in [2.45, 2.75) is 0 Å². The Balaban J connectivity index is 1.89. The molecule has 9 heteroatoms. The number of nitrogens with zero attached hydrogens (tertiary/aromatic N) is 4. The summed E-state index contributed by atoms with van der Waals surface area (Å²) in [5.74, 6) is 0. The maximum atomic E-state index is 11.8. The Bertz CT molecular complexity index is 824. The molecule has 2 aromatic rings. The van der Waals surface area contributed by atoms with E-state index in [9.17, 15) is 4.79 Å². The zero-order chi connectivity index (χ0) is 20.7. The molecule has 7 nitrogen and oxygen atoms in total. The van der Waals surface area contributed by atoms with E-state index in [2.05, 4.69) is 21.1 Å². The van der Waals surface area contributed by atoms with Gasteiger partial charge < -0.3 is 9.80 Å². The highest BCUT2D eigenvalue weighted by atomic mass is 35.5. The van der Waals surface area contributed by atoms with Gasteiger partial charge in [0.25, 0.3) is 0 Å². The van der Waals surface area contributed by atoms with Crippen LogP contribution in [0.15, 0.2) is 46.6 Å². The summed E-state index contributed by atoms with van der Waals surface area (Å²) in [7, 11) is 7.70. The topological polar surface area (TPSA) is 72.3 Å². The van der Waals surface area contributed by atoms with Crippen LogP contribution in [0.2, 0.25) is 10.0 Å². The second-order valence-corrected chi connectivity index (χ2v) is 7.08. The van der Waals surface area contributed by atoms with Crippen LogP contribution < -0.4 is 20.7 Å². The van der Waals surface area contributed by atoms with E-state index in [1.54, 1.807) is 0 Å². The molecule has 2 N–H and O–H groups in total. The van der Waals surface area contributed by atoms with E-state index in [0.29, 0.717) is 21.2 Å². The molecule has 148 valence electrons. The van der Waals surface area contributed by atoms with E-state index in [1.165, 1.54) is 12.4 Å². The molecule has 0 aliphatic rings. The zero-order valence-corrected chi connectivity index (χ0v) is 17.6. The van der Waals surface area contributed by atoms with Gasteiger partial charge in [-0.25, -0.2) is 15.6 Å². The first kappa shape index (κ1) is 21.5. The minimum atomic E-state index is -0.588. The Morgan fingerprint density at radius 3 is 1.54 bits per heavy atom. The molecule has 0 atom stereocenters. The average molecular weight is 421 g/mol. The number of carbonyl (C=O) groups excluding carboxylic acids is 1. The highest BCUT2D eigenvalue weighted by Gasteiger charge is 2.03. The van der Waals surface area contributed by atoms with Crippen LogP contribution in [0, 0.1) is 0 Å². The Morgan fingerprint density at radius 2 is 1.21 bits per heavy atom. The highest BCUT2D eigenvalue weighted by molar-refractivity contribution is 6.33. The van der Waals surface area contributed by atoms with Gasteiger partial charge in [0.15, 0.2) is 0 Å². The molecule has 0 aliphatic carbocycles. The minimum Gasteiger partial charge on any atom is -0.378 e. The Hall–Kier alpha value is -2.77. The van der Waals surface area contributed by atoms with Crippen LogP contribution in [-0.4, -0.2) is 46.7 Å². The van der Waals surface area contributed by atoms with Crippen molar-refractivity contribution < 1.29 is 4.79 Å². The normalized spacial score (nSPS) is 11.1. The molecular formula is C19H22Cl2N6O. The maximum absolute atomic E-state index is 11.8. The van der Waals surface area contributed by atoms with Gasteiger partial charge in [-0.3, -0.25) is 0 Å². The number of hydrogen-bond acceptors (Lipinski definition) is 5. The summed E-state index contributed by atoms with van der Waals surface area (Å²) in [6.07, 6.45) is 2.92. The van der Waals surface area contributed by atoms with Crippen molar-refractivity contribution in [1.82, 2.24) is 10.9 Å². The summed E-state index contributed by atoms with van der Waals surface area (Å²) in [6.45, 7) is 0.